The molecule has 2 aromatic carbocycles. The molecule has 2 aliphatic heterocycles. The fourth-order valence-electron chi connectivity index (χ4n) is 4.82. The first-order chi connectivity index (χ1) is 13.7. The third kappa shape index (κ3) is 3.10. The quantitative estimate of drug-likeness (QED) is 0.650. The highest BCUT2D eigenvalue weighted by atomic mass is 16.5. The highest BCUT2D eigenvalue weighted by Crippen LogP contribution is 2.35. The first-order valence-electron chi connectivity index (χ1n) is 10.1. The fourth-order valence-corrected chi connectivity index (χ4v) is 4.82. The molecule has 2 saturated heterocycles. The first-order valence-corrected chi connectivity index (χ1v) is 10.1. The molecule has 5 nitrogen and oxygen atoms in total. The maximum Gasteiger partial charge on any atom is 0.374 e. The van der Waals surface area contributed by atoms with Gasteiger partial charge in [-0.3, -0.25) is 0 Å². The van der Waals surface area contributed by atoms with Crippen LogP contribution in [0.1, 0.15) is 41.9 Å². The molecule has 144 valence electrons. The van der Waals surface area contributed by atoms with Crippen molar-refractivity contribution in [2.75, 3.05) is 7.05 Å². The van der Waals surface area contributed by atoms with Crippen LogP contribution in [0.15, 0.2) is 54.6 Å². The zero-order chi connectivity index (χ0) is 19.1. The van der Waals surface area contributed by atoms with E-state index in [4.69, 9.17) is 4.74 Å². The lowest BCUT2D eigenvalue weighted by atomic mass is 10.0. The van der Waals surface area contributed by atoms with Crippen LogP contribution < -0.4 is 0 Å². The summed E-state index contributed by atoms with van der Waals surface area (Å²) in [5, 5.41) is 0. The molecule has 0 spiro atoms. The van der Waals surface area contributed by atoms with Gasteiger partial charge in [0.05, 0.1) is 11.0 Å². The Kier molecular flexibility index (Phi) is 4.40. The van der Waals surface area contributed by atoms with Gasteiger partial charge in [0.15, 0.2) is 0 Å². The maximum atomic E-state index is 13.1. The van der Waals surface area contributed by atoms with Crippen LogP contribution >= 0.6 is 0 Å². The SMILES string of the molecule is CN1C2CCC1CC(OC(=O)c1nc3ccccc3n1Cc1ccccc1)C2. The summed E-state index contributed by atoms with van der Waals surface area (Å²) in [6.07, 6.45) is 4.27. The summed E-state index contributed by atoms with van der Waals surface area (Å²) in [4.78, 5) is 20.2. The molecule has 5 heteroatoms. The van der Waals surface area contributed by atoms with Crippen molar-refractivity contribution in [1.82, 2.24) is 14.5 Å². The van der Waals surface area contributed by atoms with E-state index in [1.807, 2.05) is 47.0 Å². The van der Waals surface area contributed by atoms with E-state index in [2.05, 4.69) is 29.1 Å². The van der Waals surface area contributed by atoms with Gasteiger partial charge in [-0.05, 0) is 37.6 Å². The van der Waals surface area contributed by atoms with Crippen molar-refractivity contribution in [3.63, 3.8) is 0 Å². The van der Waals surface area contributed by atoms with Crippen LogP contribution in [0.25, 0.3) is 11.0 Å². The smallest absolute Gasteiger partial charge is 0.374 e. The molecule has 1 aromatic heterocycles. The number of carbonyl (C=O) groups excluding carboxylic acids is 1. The topological polar surface area (TPSA) is 47.4 Å². The molecule has 3 aromatic rings. The minimum Gasteiger partial charge on any atom is -0.456 e. The van der Waals surface area contributed by atoms with Crippen molar-refractivity contribution in [2.45, 2.75) is 50.4 Å². The number of fused-ring (bicyclic) bond motifs is 3. The molecule has 0 aliphatic carbocycles. The van der Waals surface area contributed by atoms with Gasteiger partial charge in [-0.2, -0.15) is 0 Å². The molecule has 0 radical (unpaired) electrons. The number of hydrogen-bond acceptors (Lipinski definition) is 4. The lowest BCUT2D eigenvalue weighted by Gasteiger charge is -2.35. The van der Waals surface area contributed by atoms with Gasteiger partial charge in [-0.15, -0.1) is 0 Å². The molecule has 3 heterocycles. The Bertz CT molecular complexity index is 984. The van der Waals surface area contributed by atoms with Gasteiger partial charge in [-0.1, -0.05) is 42.5 Å². The zero-order valence-electron chi connectivity index (χ0n) is 16.1. The summed E-state index contributed by atoms with van der Waals surface area (Å²) in [7, 11) is 2.19. The third-order valence-corrected chi connectivity index (χ3v) is 6.35. The van der Waals surface area contributed by atoms with Gasteiger partial charge in [-0.25, -0.2) is 9.78 Å². The Balaban J connectivity index is 1.43. The van der Waals surface area contributed by atoms with Crippen LogP contribution in [0.5, 0.6) is 0 Å². The van der Waals surface area contributed by atoms with E-state index < -0.39 is 0 Å². The molecule has 2 unspecified atom stereocenters. The van der Waals surface area contributed by atoms with Crippen molar-refractivity contribution in [2.24, 2.45) is 0 Å². The maximum absolute atomic E-state index is 13.1. The van der Waals surface area contributed by atoms with E-state index in [1.165, 1.54) is 12.8 Å². The average Bonchev–Trinajstić information content (AvgIpc) is 3.15. The molecule has 28 heavy (non-hydrogen) atoms. The Hall–Kier alpha value is -2.66. The second-order valence-corrected chi connectivity index (χ2v) is 8.05. The molecule has 2 aliphatic rings. The van der Waals surface area contributed by atoms with E-state index in [0.717, 1.165) is 29.4 Å². The Morgan fingerprint density at radius 3 is 2.46 bits per heavy atom. The summed E-state index contributed by atoms with van der Waals surface area (Å²) < 4.78 is 7.95. The van der Waals surface area contributed by atoms with E-state index in [9.17, 15) is 4.79 Å². The number of esters is 1. The van der Waals surface area contributed by atoms with Crippen molar-refractivity contribution >= 4 is 17.0 Å². The number of aromatic nitrogens is 2. The molecule has 2 bridgehead atoms. The molecule has 0 amide bonds. The molecule has 0 N–H and O–H groups in total. The Morgan fingerprint density at radius 2 is 1.71 bits per heavy atom. The van der Waals surface area contributed by atoms with Crippen LogP contribution in [0.3, 0.4) is 0 Å². The largest absolute Gasteiger partial charge is 0.456 e. The number of piperidine rings is 1. The van der Waals surface area contributed by atoms with Crippen LogP contribution in [0, 0.1) is 0 Å². The first kappa shape index (κ1) is 17.4. The van der Waals surface area contributed by atoms with Gasteiger partial charge in [0.25, 0.3) is 0 Å². The van der Waals surface area contributed by atoms with Crippen molar-refractivity contribution in [3.05, 3.63) is 66.0 Å². The molecule has 5 rings (SSSR count). The summed E-state index contributed by atoms with van der Waals surface area (Å²) in [6, 6.07) is 19.1. The van der Waals surface area contributed by atoms with E-state index in [0.29, 0.717) is 24.5 Å². The van der Waals surface area contributed by atoms with E-state index in [1.54, 1.807) is 0 Å². The Morgan fingerprint density at radius 1 is 1.04 bits per heavy atom. The number of benzene rings is 2. The molecular formula is C23H25N3O2. The second-order valence-electron chi connectivity index (χ2n) is 8.05. The van der Waals surface area contributed by atoms with Gasteiger partial charge in [0, 0.05) is 31.5 Å². The number of hydrogen-bond donors (Lipinski definition) is 0. The normalized spacial score (nSPS) is 24.5. The summed E-state index contributed by atoms with van der Waals surface area (Å²) in [5.74, 6) is 0.0948. The number of rotatable bonds is 4. The minimum atomic E-state index is -0.305. The van der Waals surface area contributed by atoms with Crippen molar-refractivity contribution < 1.29 is 9.53 Å². The fraction of sp³-hybridized carbons (Fsp3) is 0.391. The van der Waals surface area contributed by atoms with Gasteiger partial charge >= 0.3 is 5.97 Å². The Labute approximate surface area is 164 Å². The highest BCUT2D eigenvalue weighted by molar-refractivity contribution is 5.91. The van der Waals surface area contributed by atoms with Gasteiger partial charge < -0.3 is 14.2 Å². The predicted octanol–water partition coefficient (Wildman–Crippen LogP) is 3.87. The second kappa shape index (κ2) is 7.06. The summed E-state index contributed by atoms with van der Waals surface area (Å²) in [6.45, 7) is 0.602. The number of imidazole rings is 1. The van der Waals surface area contributed by atoms with Crippen LogP contribution in [-0.2, 0) is 11.3 Å². The van der Waals surface area contributed by atoms with Gasteiger partial charge in [0.2, 0.25) is 5.82 Å². The predicted molar refractivity (Wildman–Crippen MR) is 108 cm³/mol. The number of ether oxygens (including phenoxy) is 1. The standard InChI is InChI=1S/C23H25N3O2/c1-25-17-11-12-18(25)14-19(13-17)28-23(27)22-24-20-9-5-6-10-21(20)26(22)15-16-7-3-2-4-8-16/h2-10,17-19H,11-15H2,1H3. The lowest BCUT2D eigenvalue weighted by Crippen LogP contribution is -2.43. The average molecular weight is 375 g/mol. The number of nitrogens with zero attached hydrogens (tertiary/aromatic N) is 3. The zero-order valence-corrected chi connectivity index (χ0v) is 16.1. The van der Waals surface area contributed by atoms with Crippen LogP contribution in [0.4, 0.5) is 0 Å². The van der Waals surface area contributed by atoms with Crippen LogP contribution in [0.2, 0.25) is 0 Å². The summed E-state index contributed by atoms with van der Waals surface area (Å²) in [5.41, 5.74) is 2.92. The number of carbonyl (C=O) groups is 1. The number of para-hydroxylation sites is 2. The molecule has 0 saturated carbocycles. The molecular weight excluding hydrogens is 350 g/mol. The van der Waals surface area contributed by atoms with Crippen molar-refractivity contribution in [3.8, 4) is 0 Å². The lowest BCUT2D eigenvalue weighted by molar-refractivity contribution is -0.00188. The van der Waals surface area contributed by atoms with E-state index in [-0.39, 0.29) is 12.1 Å². The van der Waals surface area contributed by atoms with Crippen LogP contribution in [-0.4, -0.2) is 45.7 Å². The highest BCUT2D eigenvalue weighted by Gasteiger charge is 2.40. The van der Waals surface area contributed by atoms with Gasteiger partial charge in [0.1, 0.15) is 6.10 Å². The third-order valence-electron chi connectivity index (χ3n) is 6.35. The van der Waals surface area contributed by atoms with E-state index >= 15 is 0 Å². The summed E-state index contributed by atoms with van der Waals surface area (Å²) >= 11 is 0. The molecule has 2 fully saturated rings. The monoisotopic (exact) mass is 375 g/mol. The molecule has 2 atom stereocenters. The minimum absolute atomic E-state index is 0.00816. The van der Waals surface area contributed by atoms with Crippen molar-refractivity contribution in [1.29, 1.82) is 0 Å².